The summed E-state index contributed by atoms with van der Waals surface area (Å²) in [6.07, 6.45) is 3.91. The van der Waals surface area contributed by atoms with Gasteiger partial charge in [0.2, 0.25) is 0 Å². The van der Waals surface area contributed by atoms with Crippen LogP contribution in [0.1, 0.15) is 40.0 Å². The van der Waals surface area contributed by atoms with Gasteiger partial charge in [0.25, 0.3) is 0 Å². The number of nitrogens with one attached hydrogen (secondary N) is 1. The van der Waals surface area contributed by atoms with Crippen molar-refractivity contribution in [2.75, 3.05) is 5.32 Å². The Morgan fingerprint density at radius 3 is 2.78 bits per heavy atom. The third kappa shape index (κ3) is 3.62. The molecule has 0 bridgehead atoms. The maximum atomic E-state index is 3.74. The van der Waals surface area contributed by atoms with E-state index in [1.54, 1.807) is 0 Å². The molecular formula is C15H21BrIN. The van der Waals surface area contributed by atoms with E-state index in [0.29, 0.717) is 11.5 Å². The molecule has 1 aromatic rings. The molecule has 1 aliphatic carbocycles. The minimum Gasteiger partial charge on any atom is -0.381 e. The normalized spacial score (nSPS) is 26.9. The molecule has 0 radical (unpaired) electrons. The highest BCUT2D eigenvalue weighted by Crippen LogP contribution is 2.40. The van der Waals surface area contributed by atoms with Gasteiger partial charge in [0.15, 0.2) is 0 Å². The number of hydrogen-bond acceptors (Lipinski definition) is 1. The lowest BCUT2D eigenvalue weighted by Crippen LogP contribution is -2.37. The lowest BCUT2D eigenvalue weighted by molar-refractivity contribution is 0.177. The van der Waals surface area contributed by atoms with E-state index in [9.17, 15) is 0 Å². The summed E-state index contributed by atoms with van der Waals surface area (Å²) in [5.74, 6) is 0.739. The van der Waals surface area contributed by atoms with E-state index >= 15 is 0 Å². The molecule has 0 amide bonds. The van der Waals surface area contributed by atoms with E-state index in [4.69, 9.17) is 0 Å². The molecule has 0 heterocycles. The fourth-order valence-electron chi connectivity index (χ4n) is 2.97. The quantitative estimate of drug-likeness (QED) is 0.605. The lowest BCUT2D eigenvalue weighted by Gasteiger charge is -2.40. The Balaban J connectivity index is 2.08. The number of benzene rings is 1. The van der Waals surface area contributed by atoms with Crippen molar-refractivity contribution in [3.05, 3.63) is 26.2 Å². The van der Waals surface area contributed by atoms with Crippen molar-refractivity contribution < 1.29 is 0 Å². The van der Waals surface area contributed by atoms with Crippen LogP contribution in [0, 0.1) is 14.9 Å². The molecule has 2 unspecified atom stereocenters. The van der Waals surface area contributed by atoms with Gasteiger partial charge in [0.05, 0.1) is 0 Å². The van der Waals surface area contributed by atoms with E-state index in [0.717, 1.165) is 10.4 Å². The first-order valence-corrected chi connectivity index (χ1v) is 8.46. The highest BCUT2D eigenvalue weighted by atomic mass is 127. The van der Waals surface area contributed by atoms with Crippen LogP contribution in [0.15, 0.2) is 22.7 Å². The van der Waals surface area contributed by atoms with Gasteiger partial charge < -0.3 is 5.32 Å². The Bertz CT molecular complexity index is 431. The van der Waals surface area contributed by atoms with Crippen molar-refractivity contribution >= 4 is 44.2 Å². The molecule has 2 atom stereocenters. The van der Waals surface area contributed by atoms with Crippen LogP contribution in [0.2, 0.25) is 0 Å². The van der Waals surface area contributed by atoms with Gasteiger partial charge in [-0.2, -0.15) is 0 Å². The summed E-state index contributed by atoms with van der Waals surface area (Å²) in [4.78, 5) is 0. The minimum atomic E-state index is 0.516. The molecular weight excluding hydrogens is 401 g/mol. The molecule has 0 aromatic heterocycles. The fourth-order valence-corrected chi connectivity index (χ4v) is 3.82. The zero-order valence-electron chi connectivity index (χ0n) is 11.3. The van der Waals surface area contributed by atoms with Crippen LogP contribution in [0.3, 0.4) is 0 Å². The Hall–Kier alpha value is 0.230. The third-order valence-corrected chi connectivity index (χ3v) is 5.40. The Kier molecular flexibility index (Phi) is 4.63. The van der Waals surface area contributed by atoms with Crippen LogP contribution < -0.4 is 5.32 Å². The van der Waals surface area contributed by atoms with E-state index in [1.807, 2.05) is 0 Å². The van der Waals surface area contributed by atoms with Gasteiger partial charge in [0, 0.05) is 19.8 Å². The standard InChI is InChI=1S/C15H21BrIN/c1-10-9-15(2,3)7-6-13(10)18-14-8-11(16)4-5-12(14)17/h4-5,8,10,13,18H,6-7,9H2,1-3H3. The highest BCUT2D eigenvalue weighted by Gasteiger charge is 2.32. The monoisotopic (exact) mass is 421 g/mol. The van der Waals surface area contributed by atoms with Gasteiger partial charge in [-0.3, -0.25) is 0 Å². The summed E-state index contributed by atoms with van der Waals surface area (Å²) in [6.45, 7) is 7.16. The van der Waals surface area contributed by atoms with Gasteiger partial charge in [0.1, 0.15) is 0 Å². The van der Waals surface area contributed by atoms with Gasteiger partial charge in [-0.25, -0.2) is 0 Å². The van der Waals surface area contributed by atoms with Crippen molar-refractivity contribution in [1.82, 2.24) is 0 Å². The summed E-state index contributed by atoms with van der Waals surface area (Å²) < 4.78 is 2.45. The largest absolute Gasteiger partial charge is 0.381 e. The van der Waals surface area contributed by atoms with Crippen molar-refractivity contribution in [3.63, 3.8) is 0 Å². The van der Waals surface area contributed by atoms with Crippen LogP contribution >= 0.6 is 38.5 Å². The van der Waals surface area contributed by atoms with Crippen LogP contribution in [-0.2, 0) is 0 Å². The van der Waals surface area contributed by atoms with E-state index in [1.165, 1.54) is 28.5 Å². The number of hydrogen-bond donors (Lipinski definition) is 1. The molecule has 1 fully saturated rings. The average Bonchev–Trinajstić information content (AvgIpc) is 2.26. The molecule has 1 nitrogen and oxygen atoms in total. The predicted molar refractivity (Wildman–Crippen MR) is 91.1 cm³/mol. The van der Waals surface area contributed by atoms with Gasteiger partial charge >= 0.3 is 0 Å². The van der Waals surface area contributed by atoms with E-state index in [2.05, 4.69) is 82.8 Å². The Morgan fingerprint density at radius 1 is 1.39 bits per heavy atom. The second-order valence-electron chi connectivity index (χ2n) is 6.26. The van der Waals surface area contributed by atoms with Crippen molar-refractivity contribution in [3.8, 4) is 0 Å². The van der Waals surface area contributed by atoms with Crippen molar-refractivity contribution in [2.45, 2.75) is 46.1 Å². The lowest BCUT2D eigenvalue weighted by atomic mass is 9.70. The van der Waals surface area contributed by atoms with E-state index in [-0.39, 0.29) is 0 Å². The first-order chi connectivity index (χ1) is 8.37. The van der Waals surface area contributed by atoms with Crippen LogP contribution in [0.25, 0.3) is 0 Å². The maximum absolute atomic E-state index is 3.74. The van der Waals surface area contributed by atoms with Crippen LogP contribution in [0.5, 0.6) is 0 Å². The van der Waals surface area contributed by atoms with Crippen LogP contribution in [-0.4, -0.2) is 6.04 Å². The summed E-state index contributed by atoms with van der Waals surface area (Å²) in [5, 5.41) is 3.74. The first-order valence-electron chi connectivity index (χ1n) is 6.59. The molecule has 1 aromatic carbocycles. The number of rotatable bonds is 2. The zero-order valence-corrected chi connectivity index (χ0v) is 15.0. The summed E-state index contributed by atoms with van der Waals surface area (Å²) >= 11 is 5.95. The summed E-state index contributed by atoms with van der Waals surface area (Å²) in [7, 11) is 0. The molecule has 1 saturated carbocycles. The molecule has 100 valence electrons. The van der Waals surface area contributed by atoms with Crippen molar-refractivity contribution in [1.29, 1.82) is 0 Å². The first kappa shape index (κ1) is 14.6. The van der Waals surface area contributed by atoms with Gasteiger partial charge in [-0.15, -0.1) is 0 Å². The predicted octanol–water partition coefficient (Wildman–Crippen LogP) is 5.68. The topological polar surface area (TPSA) is 12.0 Å². The van der Waals surface area contributed by atoms with Gasteiger partial charge in [-0.1, -0.05) is 36.7 Å². The SMILES string of the molecule is CC1CC(C)(C)CCC1Nc1cc(Br)ccc1I. The molecule has 2 rings (SSSR count). The van der Waals surface area contributed by atoms with Crippen molar-refractivity contribution in [2.24, 2.45) is 11.3 Å². The average molecular weight is 422 g/mol. The van der Waals surface area contributed by atoms with E-state index < -0.39 is 0 Å². The Morgan fingerprint density at radius 2 is 2.11 bits per heavy atom. The third-order valence-electron chi connectivity index (χ3n) is 3.96. The molecule has 0 spiro atoms. The van der Waals surface area contributed by atoms with Crippen LogP contribution in [0.4, 0.5) is 5.69 Å². The maximum Gasteiger partial charge on any atom is 0.0489 e. The number of anilines is 1. The number of halogens is 2. The molecule has 3 heteroatoms. The Labute approximate surface area is 132 Å². The molecule has 1 aliphatic rings. The molecule has 0 saturated heterocycles. The molecule has 0 aliphatic heterocycles. The van der Waals surface area contributed by atoms with Gasteiger partial charge in [-0.05, 0) is 71.4 Å². The molecule has 1 N–H and O–H groups in total. The minimum absolute atomic E-state index is 0.516. The molecule has 18 heavy (non-hydrogen) atoms. The smallest absolute Gasteiger partial charge is 0.0489 e. The highest BCUT2D eigenvalue weighted by molar-refractivity contribution is 14.1. The summed E-state index contributed by atoms with van der Waals surface area (Å²) in [5.41, 5.74) is 1.78. The summed E-state index contributed by atoms with van der Waals surface area (Å²) in [6, 6.07) is 7.06. The second kappa shape index (κ2) is 5.70. The second-order valence-corrected chi connectivity index (χ2v) is 8.34. The zero-order chi connectivity index (χ0) is 13.3. The fraction of sp³-hybridized carbons (Fsp3) is 0.600.